The van der Waals surface area contributed by atoms with Gasteiger partial charge in [0.2, 0.25) is 5.91 Å². The molecule has 4 unspecified atom stereocenters. The zero-order valence-electron chi connectivity index (χ0n) is 13.5. The second-order valence-corrected chi connectivity index (χ2v) is 6.77. The normalized spacial score (nSPS) is 32.3. The molecule has 0 bridgehead atoms. The summed E-state index contributed by atoms with van der Waals surface area (Å²) in [6.07, 6.45) is 2.91. The van der Waals surface area contributed by atoms with E-state index in [1.807, 2.05) is 11.0 Å². The Bertz CT molecular complexity index is 602. The molecule has 24 heavy (non-hydrogen) atoms. The lowest BCUT2D eigenvalue weighted by atomic mass is 9.88. The van der Waals surface area contributed by atoms with E-state index in [4.69, 9.17) is 0 Å². The van der Waals surface area contributed by atoms with Crippen LogP contribution >= 0.6 is 12.4 Å². The highest BCUT2D eigenvalue weighted by Gasteiger charge is 2.44. The Balaban J connectivity index is 0.00000169. The third-order valence-electron chi connectivity index (χ3n) is 5.42. The number of hydrogen-bond donors (Lipinski definition) is 3. The smallest absolute Gasteiger partial charge is 0.241 e. The van der Waals surface area contributed by atoms with Crippen molar-refractivity contribution < 1.29 is 9.18 Å². The largest absolute Gasteiger partial charge is 0.334 e. The summed E-state index contributed by atoms with van der Waals surface area (Å²) in [4.78, 5) is 15.0. The van der Waals surface area contributed by atoms with Gasteiger partial charge in [0.05, 0.1) is 6.04 Å². The van der Waals surface area contributed by atoms with Crippen molar-refractivity contribution in [1.82, 2.24) is 21.1 Å². The van der Waals surface area contributed by atoms with Crippen LogP contribution in [0.15, 0.2) is 24.3 Å². The summed E-state index contributed by atoms with van der Waals surface area (Å²) in [6.45, 7) is 2.61. The van der Waals surface area contributed by atoms with Crippen LogP contribution in [0.3, 0.4) is 0 Å². The number of carbonyl (C=O) groups is 1. The molecule has 1 aromatic rings. The number of nitrogens with one attached hydrogen (secondary N) is 3. The molecule has 5 nitrogen and oxygen atoms in total. The molecule has 4 atom stereocenters. The quantitative estimate of drug-likeness (QED) is 0.750. The van der Waals surface area contributed by atoms with Gasteiger partial charge in [-0.2, -0.15) is 0 Å². The van der Waals surface area contributed by atoms with Crippen molar-refractivity contribution in [3.8, 4) is 0 Å². The van der Waals surface area contributed by atoms with Crippen molar-refractivity contribution in [2.45, 2.75) is 37.4 Å². The zero-order chi connectivity index (χ0) is 15.8. The Morgan fingerprint density at radius 3 is 2.96 bits per heavy atom. The number of rotatable bonds is 2. The Morgan fingerprint density at radius 2 is 2.12 bits per heavy atom. The van der Waals surface area contributed by atoms with Gasteiger partial charge in [0, 0.05) is 25.0 Å². The molecule has 7 heteroatoms. The SMILES string of the molecule is Cl.O=C(C1NNC2CCNCC21)N1CCCC1c1cccc(F)c1. The van der Waals surface area contributed by atoms with E-state index < -0.39 is 0 Å². The molecule has 0 aliphatic carbocycles. The lowest BCUT2D eigenvalue weighted by Gasteiger charge is -2.32. The van der Waals surface area contributed by atoms with Crippen LogP contribution < -0.4 is 16.2 Å². The van der Waals surface area contributed by atoms with E-state index in [2.05, 4.69) is 16.2 Å². The van der Waals surface area contributed by atoms with E-state index in [1.165, 1.54) is 6.07 Å². The molecule has 0 radical (unpaired) electrons. The van der Waals surface area contributed by atoms with Crippen molar-refractivity contribution in [2.75, 3.05) is 19.6 Å². The molecule has 0 aromatic heterocycles. The van der Waals surface area contributed by atoms with Gasteiger partial charge >= 0.3 is 0 Å². The summed E-state index contributed by atoms with van der Waals surface area (Å²) in [6, 6.07) is 6.82. The molecule has 3 heterocycles. The Morgan fingerprint density at radius 1 is 1.25 bits per heavy atom. The van der Waals surface area contributed by atoms with Crippen LogP contribution in [0, 0.1) is 11.7 Å². The van der Waals surface area contributed by atoms with E-state index in [1.54, 1.807) is 12.1 Å². The number of halogens is 2. The van der Waals surface area contributed by atoms with Gasteiger partial charge in [0.15, 0.2) is 0 Å². The average Bonchev–Trinajstić information content (AvgIpc) is 3.21. The first-order chi connectivity index (χ1) is 11.2. The molecule has 1 aromatic carbocycles. The Labute approximate surface area is 147 Å². The van der Waals surface area contributed by atoms with Crippen LogP contribution in [0.4, 0.5) is 4.39 Å². The standard InChI is InChI=1S/C17H23FN4O.ClH/c18-12-4-1-3-11(9-12)15-5-2-8-22(15)17(23)16-13-10-19-7-6-14(13)20-21-16;/h1,3-4,9,13-16,19-21H,2,5-8,10H2;1H. The number of likely N-dealkylation sites (tertiary alicyclic amines) is 1. The molecule has 3 aliphatic rings. The van der Waals surface area contributed by atoms with Crippen molar-refractivity contribution in [1.29, 1.82) is 0 Å². The maximum absolute atomic E-state index is 13.5. The number of fused-ring (bicyclic) bond motifs is 1. The fourth-order valence-electron chi connectivity index (χ4n) is 4.23. The number of hydrogen-bond acceptors (Lipinski definition) is 4. The van der Waals surface area contributed by atoms with Crippen molar-refractivity contribution in [2.24, 2.45) is 5.92 Å². The van der Waals surface area contributed by atoms with Gasteiger partial charge in [-0.25, -0.2) is 9.82 Å². The van der Waals surface area contributed by atoms with Crippen LogP contribution in [-0.2, 0) is 4.79 Å². The molecule has 3 aliphatic heterocycles. The minimum atomic E-state index is -0.237. The third kappa shape index (κ3) is 3.16. The van der Waals surface area contributed by atoms with Gasteiger partial charge in [-0.1, -0.05) is 12.1 Å². The molecule has 0 spiro atoms. The predicted molar refractivity (Wildman–Crippen MR) is 92.2 cm³/mol. The van der Waals surface area contributed by atoms with Gasteiger partial charge in [0.1, 0.15) is 11.9 Å². The number of carbonyl (C=O) groups excluding carboxylic acids is 1. The summed E-state index contributed by atoms with van der Waals surface area (Å²) in [5, 5.41) is 3.38. The minimum Gasteiger partial charge on any atom is -0.334 e. The van der Waals surface area contributed by atoms with Gasteiger partial charge in [0.25, 0.3) is 0 Å². The van der Waals surface area contributed by atoms with Crippen molar-refractivity contribution in [3.05, 3.63) is 35.6 Å². The van der Waals surface area contributed by atoms with E-state index in [0.29, 0.717) is 6.04 Å². The summed E-state index contributed by atoms with van der Waals surface area (Å²) in [5.41, 5.74) is 7.39. The Kier molecular flexibility index (Phi) is 5.39. The molecular weight excluding hydrogens is 331 g/mol. The Hall–Kier alpha value is -1.21. The third-order valence-corrected chi connectivity index (χ3v) is 5.42. The number of hydrazine groups is 1. The lowest BCUT2D eigenvalue weighted by Crippen LogP contribution is -2.50. The maximum atomic E-state index is 13.5. The van der Waals surface area contributed by atoms with Gasteiger partial charge in [-0.15, -0.1) is 12.4 Å². The first-order valence-electron chi connectivity index (χ1n) is 8.52. The molecule has 3 N–H and O–H groups in total. The van der Waals surface area contributed by atoms with E-state index >= 15 is 0 Å². The first kappa shape index (κ1) is 17.6. The van der Waals surface area contributed by atoms with Gasteiger partial charge in [-0.3, -0.25) is 10.2 Å². The summed E-state index contributed by atoms with van der Waals surface area (Å²) in [7, 11) is 0. The second kappa shape index (κ2) is 7.35. The highest BCUT2D eigenvalue weighted by atomic mass is 35.5. The second-order valence-electron chi connectivity index (χ2n) is 6.77. The van der Waals surface area contributed by atoms with Crippen LogP contribution in [-0.4, -0.2) is 42.5 Å². The fraction of sp³-hybridized carbons (Fsp3) is 0.588. The minimum absolute atomic E-state index is 0. The monoisotopic (exact) mass is 354 g/mol. The van der Waals surface area contributed by atoms with Crippen LogP contribution in [0.25, 0.3) is 0 Å². The lowest BCUT2D eigenvalue weighted by molar-refractivity contribution is -0.135. The molecule has 0 saturated carbocycles. The highest BCUT2D eigenvalue weighted by molar-refractivity contribution is 5.85. The summed E-state index contributed by atoms with van der Waals surface area (Å²) >= 11 is 0. The van der Waals surface area contributed by atoms with Crippen molar-refractivity contribution in [3.63, 3.8) is 0 Å². The highest BCUT2D eigenvalue weighted by Crippen LogP contribution is 2.34. The number of amides is 1. The number of nitrogens with zero attached hydrogens (tertiary/aromatic N) is 1. The predicted octanol–water partition coefficient (Wildman–Crippen LogP) is 1.37. The summed E-state index contributed by atoms with van der Waals surface area (Å²) in [5.74, 6) is 0.185. The molecular formula is C17H24ClFN4O. The van der Waals surface area contributed by atoms with Crippen LogP contribution in [0.1, 0.15) is 30.9 Å². The molecule has 3 saturated heterocycles. The number of benzene rings is 1. The maximum Gasteiger partial charge on any atom is 0.241 e. The number of piperidine rings is 1. The van der Waals surface area contributed by atoms with Gasteiger partial charge < -0.3 is 10.2 Å². The fourth-order valence-corrected chi connectivity index (χ4v) is 4.23. The van der Waals surface area contributed by atoms with Crippen molar-refractivity contribution >= 4 is 18.3 Å². The summed E-state index contributed by atoms with van der Waals surface area (Å²) < 4.78 is 13.5. The molecule has 3 fully saturated rings. The van der Waals surface area contributed by atoms with E-state index in [-0.39, 0.29) is 42.1 Å². The van der Waals surface area contributed by atoms with Gasteiger partial charge in [-0.05, 0) is 43.5 Å². The average molecular weight is 355 g/mol. The zero-order valence-corrected chi connectivity index (χ0v) is 14.3. The molecule has 132 valence electrons. The topological polar surface area (TPSA) is 56.4 Å². The van der Waals surface area contributed by atoms with E-state index in [9.17, 15) is 9.18 Å². The van der Waals surface area contributed by atoms with Crippen LogP contribution in [0.2, 0.25) is 0 Å². The molecule has 4 rings (SSSR count). The van der Waals surface area contributed by atoms with Crippen LogP contribution in [0.5, 0.6) is 0 Å². The van der Waals surface area contributed by atoms with E-state index in [0.717, 1.165) is 44.5 Å². The first-order valence-corrected chi connectivity index (χ1v) is 8.52. The molecule has 1 amide bonds.